The van der Waals surface area contributed by atoms with Crippen LogP contribution >= 0.6 is 0 Å². The summed E-state index contributed by atoms with van der Waals surface area (Å²) in [6, 6.07) is -0.897. The molecule has 0 unspecified atom stereocenters. The van der Waals surface area contributed by atoms with Crippen LogP contribution < -0.4 is 5.32 Å². The van der Waals surface area contributed by atoms with Crippen LogP contribution in [-0.2, 0) is 4.79 Å². The third-order valence-electron chi connectivity index (χ3n) is 2.57. The minimum Gasteiger partial charge on any atom is -0.480 e. The lowest BCUT2D eigenvalue weighted by atomic mass is 10.0. The van der Waals surface area contributed by atoms with Gasteiger partial charge in [0.1, 0.15) is 17.4 Å². The highest BCUT2D eigenvalue weighted by Gasteiger charge is 2.25. The van der Waals surface area contributed by atoms with Gasteiger partial charge in [-0.25, -0.2) is 4.79 Å². The topological polar surface area (TPSA) is 92.4 Å². The molecule has 0 saturated carbocycles. The van der Waals surface area contributed by atoms with Crippen molar-refractivity contribution in [2.45, 2.75) is 40.2 Å². The molecule has 2 N–H and O–H groups in total. The van der Waals surface area contributed by atoms with Gasteiger partial charge >= 0.3 is 5.97 Å². The van der Waals surface area contributed by atoms with E-state index in [2.05, 4.69) is 10.5 Å². The van der Waals surface area contributed by atoms with Crippen LogP contribution in [0, 0.1) is 19.8 Å². The molecule has 1 rings (SSSR count). The Morgan fingerprint density at radius 3 is 2.39 bits per heavy atom. The number of hydrogen-bond donors (Lipinski definition) is 2. The summed E-state index contributed by atoms with van der Waals surface area (Å²) in [7, 11) is 0. The van der Waals surface area contributed by atoms with E-state index in [0.29, 0.717) is 23.4 Å². The Kier molecular flexibility index (Phi) is 4.47. The maximum Gasteiger partial charge on any atom is 0.326 e. The number of carboxylic acids is 1. The van der Waals surface area contributed by atoms with E-state index in [1.807, 2.05) is 13.8 Å². The molecule has 0 fully saturated rings. The number of nitrogens with zero attached hydrogens (tertiary/aromatic N) is 1. The van der Waals surface area contributed by atoms with Crippen molar-refractivity contribution in [1.82, 2.24) is 10.5 Å². The first-order chi connectivity index (χ1) is 8.32. The van der Waals surface area contributed by atoms with E-state index in [4.69, 9.17) is 9.63 Å². The molecule has 0 aliphatic carbocycles. The predicted molar refractivity (Wildman–Crippen MR) is 64.3 cm³/mol. The maximum atomic E-state index is 12.0. The fourth-order valence-corrected chi connectivity index (χ4v) is 1.73. The highest BCUT2D eigenvalue weighted by atomic mass is 16.5. The highest BCUT2D eigenvalue weighted by Crippen LogP contribution is 2.13. The van der Waals surface area contributed by atoms with E-state index in [0.717, 1.165) is 0 Å². The number of aliphatic carboxylic acids is 1. The van der Waals surface area contributed by atoms with Gasteiger partial charge in [0.2, 0.25) is 0 Å². The molecule has 6 heteroatoms. The zero-order chi connectivity index (χ0) is 13.9. The summed E-state index contributed by atoms with van der Waals surface area (Å²) < 4.78 is 4.88. The van der Waals surface area contributed by atoms with E-state index in [-0.39, 0.29) is 5.92 Å². The molecule has 0 spiro atoms. The molecule has 0 bridgehead atoms. The number of carboxylic acid groups (broad SMARTS) is 1. The van der Waals surface area contributed by atoms with Gasteiger partial charge in [-0.1, -0.05) is 19.0 Å². The molecular weight excluding hydrogens is 236 g/mol. The largest absolute Gasteiger partial charge is 0.480 e. The van der Waals surface area contributed by atoms with Gasteiger partial charge in [0.25, 0.3) is 5.91 Å². The molecule has 1 amide bonds. The number of rotatable bonds is 5. The number of carbonyl (C=O) groups is 2. The van der Waals surface area contributed by atoms with Crippen molar-refractivity contribution in [2.75, 3.05) is 0 Å². The van der Waals surface area contributed by atoms with E-state index in [9.17, 15) is 9.59 Å². The van der Waals surface area contributed by atoms with Crippen molar-refractivity contribution in [3.05, 3.63) is 17.0 Å². The fourth-order valence-electron chi connectivity index (χ4n) is 1.73. The molecule has 100 valence electrons. The minimum absolute atomic E-state index is 0.177. The maximum absolute atomic E-state index is 12.0. The Bertz CT molecular complexity index is 431. The lowest BCUT2D eigenvalue weighted by molar-refractivity contribution is -0.139. The van der Waals surface area contributed by atoms with Crippen LogP contribution in [0.3, 0.4) is 0 Å². The number of aromatic nitrogens is 1. The van der Waals surface area contributed by atoms with E-state index in [1.54, 1.807) is 13.8 Å². The first kappa shape index (κ1) is 14.2. The summed E-state index contributed by atoms with van der Waals surface area (Å²) in [6.45, 7) is 7.06. The number of nitrogens with one attached hydrogen (secondary N) is 1. The van der Waals surface area contributed by atoms with Crippen LogP contribution in [0.1, 0.15) is 42.1 Å². The molecule has 0 aliphatic rings. The molecule has 0 aliphatic heterocycles. The minimum atomic E-state index is -1.04. The lowest BCUT2D eigenvalue weighted by Gasteiger charge is -2.16. The summed E-state index contributed by atoms with van der Waals surface area (Å²) in [4.78, 5) is 23.0. The standard InChI is InChI=1S/C12H18N2O4/c1-6(2)5-9(12(16)17)13-11(15)10-7(3)14-18-8(10)4/h6,9H,5H2,1-4H3,(H,13,15)(H,16,17)/t9-/m0/s1. The summed E-state index contributed by atoms with van der Waals surface area (Å²) in [6.07, 6.45) is 0.379. The van der Waals surface area contributed by atoms with Crippen LogP contribution in [-0.4, -0.2) is 28.2 Å². The zero-order valence-electron chi connectivity index (χ0n) is 11.0. The molecule has 1 aromatic heterocycles. The van der Waals surface area contributed by atoms with Crippen molar-refractivity contribution in [1.29, 1.82) is 0 Å². The molecule has 1 atom stereocenters. The second-order valence-corrected chi connectivity index (χ2v) is 4.69. The van der Waals surface area contributed by atoms with E-state index >= 15 is 0 Å². The zero-order valence-corrected chi connectivity index (χ0v) is 11.0. The SMILES string of the molecule is Cc1noc(C)c1C(=O)N[C@@H](CC(C)C)C(=O)O. The van der Waals surface area contributed by atoms with E-state index in [1.165, 1.54) is 0 Å². The fraction of sp³-hybridized carbons (Fsp3) is 0.583. The predicted octanol–water partition coefficient (Wildman–Crippen LogP) is 1.52. The second kappa shape index (κ2) is 5.66. The Morgan fingerprint density at radius 2 is 2.00 bits per heavy atom. The number of hydrogen-bond acceptors (Lipinski definition) is 4. The quantitative estimate of drug-likeness (QED) is 0.831. The first-order valence-corrected chi connectivity index (χ1v) is 5.79. The number of amides is 1. The van der Waals surface area contributed by atoms with Crippen molar-refractivity contribution < 1.29 is 19.2 Å². The smallest absolute Gasteiger partial charge is 0.326 e. The summed E-state index contributed by atoms with van der Waals surface area (Å²) >= 11 is 0. The number of aryl methyl sites for hydroxylation is 2. The Labute approximate surface area is 105 Å². The molecular formula is C12H18N2O4. The Morgan fingerprint density at radius 1 is 1.39 bits per heavy atom. The van der Waals surface area contributed by atoms with Crippen molar-refractivity contribution >= 4 is 11.9 Å². The third kappa shape index (κ3) is 3.32. The Hall–Kier alpha value is -1.85. The molecule has 0 aromatic carbocycles. The molecule has 0 saturated heterocycles. The van der Waals surface area contributed by atoms with Gasteiger partial charge < -0.3 is 14.9 Å². The summed E-state index contributed by atoms with van der Waals surface area (Å²) in [5.41, 5.74) is 0.767. The summed E-state index contributed by atoms with van der Waals surface area (Å²) in [5.74, 6) is -0.933. The third-order valence-corrected chi connectivity index (χ3v) is 2.57. The van der Waals surface area contributed by atoms with Crippen LogP contribution in [0.2, 0.25) is 0 Å². The van der Waals surface area contributed by atoms with Crippen molar-refractivity contribution in [2.24, 2.45) is 5.92 Å². The van der Waals surface area contributed by atoms with Gasteiger partial charge in [0, 0.05) is 0 Å². The van der Waals surface area contributed by atoms with Crippen molar-refractivity contribution in [3.63, 3.8) is 0 Å². The Balaban J connectivity index is 2.82. The average Bonchev–Trinajstić information content (AvgIpc) is 2.56. The van der Waals surface area contributed by atoms with E-state index < -0.39 is 17.9 Å². The molecule has 1 aromatic rings. The monoisotopic (exact) mass is 254 g/mol. The van der Waals surface area contributed by atoms with Gasteiger partial charge in [0.05, 0.1) is 5.69 Å². The first-order valence-electron chi connectivity index (χ1n) is 5.79. The van der Waals surface area contributed by atoms with Crippen LogP contribution in [0.25, 0.3) is 0 Å². The van der Waals surface area contributed by atoms with Gasteiger partial charge in [0.15, 0.2) is 0 Å². The normalized spacial score (nSPS) is 12.5. The highest BCUT2D eigenvalue weighted by molar-refractivity contribution is 5.98. The molecule has 0 radical (unpaired) electrons. The van der Waals surface area contributed by atoms with Gasteiger partial charge in [-0.2, -0.15) is 0 Å². The lowest BCUT2D eigenvalue weighted by Crippen LogP contribution is -2.41. The molecule has 1 heterocycles. The summed E-state index contributed by atoms with van der Waals surface area (Å²) in [5, 5.41) is 15.2. The van der Waals surface area contributed by atoms with Gasteiger partial charge in [-0.3, -0.25) is 4.79 Å². The number of carbonyl (C=O) groups excluding carboxylic acids is 1. The van der Waals surface area contributed by atoms with Crippen LogP contribution in [0.4, 0.5) is 0 Å². The molecule has 6 nitrogen and oxygen atoms in total. The van der Waals surface area contributed by atoms with Crippen LogP contribution in [0.5, 0.6) is 0 Å². The van der Waals surface area contributed by atoms with Gasteiger partial charge in [-0.05, 0) is 26.2 Å². The van der Waals surface area contributed by atoms with Crippen molar-refractivity contribution in [3.8, 4) is 0 Å². The second-order valence-electron chi connectivity index (χ2n) is 4.69. The molecule has 18 heavy (non-hydrogen) atoms. The van der Waals surface area contributed by atoms with Crippen LogP contribution in [0.15, 0.2) is 4.52 Å². The average molecular weight is 254 g/mol. The van der Waals surface area contributed by atoms with Gasteiger partial charge in [-0.15, -0.1) is 0 Å².